The lowest BCUT2D eigenvalue weighted by atomic mass is 9.90. The molecule has 0 radical (unpaired) electrons. The molecule has 3 aromatic rings. The van der Waals surface area contributed by atoms with E-state index in [0.717, 1.165) is 52.0 Å². The summed E-state index contributed by atoms with van der Waals surface area (Å²) in [6, 6.07) is 9.77. The molecule has 9 nitrogen and oxygen atoms in total. The minimum Gasteiger partial charge on any atom is -0.379 e. The van der Waals surface area contributed by atoms with Crippen molar-refractivity contribution in [1.82, 2.24) is 24.4 Å². The van der Waals surface area contributed by atoms with Gasteiger partial charge in [0.15, 0.2) is 5.82 Å². The van der Waals surface area contributed by atoms with E-state index < -0.39 is 6.43 Å². The highest BCUT2D eigenvalue weighted by atomic mass is 19.3. The van der Waals surface area contributed by atoms with E-state index in [9.17, 15) is 8.78 Å². The minimum absolute atomic E-state index is 0.235. The lowest BCUT2D eigenvalue weighted by Crippen LogP contribution is -2.46. The van der Waals surface area contributed by atoms with Gasteiger partial charge in [-0.05, 0) is 37.8 Å². The number of morpholine rings is 2. The maximum atomic E-state index is 14.1. The second-order valence-electron chi connectivity index (χ2n) is 9.90. The largest absolute Gasteiger partial charge is 0.379 e. The molecule has 3 aliphatic rings. The highest BCUT2D eigenvalue weighted by molar-refractivity contribution is 5.78. The average molecular weight is 514 g/mol. The van der Waals surface area contributed by atoms with Crippen LogP contribution in [0, 0.1) is 0 Å². The summed E-state index contributed by atoms with van der Waals surface area (Å²) in [7, 11) is 0. The molecule has 0 amide bonds. The van der Waals surface area contributed by atoms with Crippen molar-refractivity contribution in [1.29, 1.82) is 0 Å². The van der Waals surface area contributed by atoms with Crippen LogP contribution in [0.25, 0.3) is 16.9 Å². The van der Waals surface area contributed by atoms with E-state index in [0.29, 0.717) is 61.0 Å². The summed E-state index contributed by atoms with van der Waals surface area (Å²) >= 11 is 0. The van der Waals surface area contributed by atoms with Gasteiger partial charge < -0.3 is 19.7 Å². The van der Waals surface area contributed by atoms with Crippen LogP contribution in [0.15, 0.2) is 30.3 Å². The summed E-state index contributed by atoms with van der Waals surface area (Å²) in [6.45, 7) is 6.21. The van der Waals surface area contributed by atoms with E-state index in [1.807, 2.05) is 6.07 Å². The first-order valence-electron chi connectivity index (χ1n) is 13.2. The first-order chi connectivity index (χ1) is 18.2. The van der Waals surface area contributed by atoms with Gasteiger partial charge in [0.05, 0.1) is 37.5 Å². The molecule has 0 atom stereocenters. The molecular formula is C26H33F2N7O2. The molecule has 198 valence electrons. The van der Waals surface area contributed by atoms with Gasteiger partial charge in [-0.15, -0.1) is 0 Å². The van der Waals surface area contributed by atoms with Crippen LogP contribution in [0.1, 0.15) is 37.9 Å². The number of benzene rings is 1. The maximum absolute atomic E-state index is 14.1. The van der Waals surface area contributed by atoms with E-state index in [4.69, 9.17) is 19.4 Å². The van der Waals surface area contributed by atoms with Gasteiger partial charge in [0.25, 0.3) is 6.43 Å². The minimum atomic E-state index is -2.74. The highest BCUT2D eigenvalue weighted by Gasteiger charge is 2.28. The molecule has 37 heavy (non-hydrogen) atoms. The number of alkyl halides is 2. The number of para-hydroxylation sites is 2. The molecule has 1 aromatic carbocycles. The first kappa shape index (κ1) is 24.4. The topological polar surface area (TPSA) is 80.6 Å². The normalized spacial score (nSPS) is 23.6. The monoisotopic (exact) mass is 513 g/mol. The van der Waals surface area contributed by atoms with Crippen LogP contribution in [-0.4, -0.2) is 89.1 Å². The zero-order chi connectivity index (χ0) is 25.2. The Hall–Kier alpha value is -2.89. The number of nitrogens with zero attached hydrogens (tertiary/aromatic N) is 6. The molecule has 6 rings (SSSR count). The van der Waals surface area contributed by atoms with Gasteiger partial charge in [-0.3, -0.25) is 9.47 Å². The SMILES string of the molecule is FC(F)c1nc2ccccc2n1-c1cc(N2CCOCC2)nc(NC2CCC(N3CCOCC3)CC2)n1. The quantitative estimate of drug-likeness (QED) is 0.535. The Bertz CT molecular complexity index is 1200. The molecule has 2 saturated heterocycles. The molecule has 1 saturated carbocycles. The lowest BCUT2D eigenvalue weighted by molar-refractivity contribution is 0.00790. The molecule has 0 spiro atoms. The third-order valence-electron chi connectivity index (χ3n) is 7.64. The van der Waals surface area contributed by atoms with E-state index >= 15 is 0 Å². The van der Waals surface area contributed by atoms with Crippen molar-refractivity contribution in [3.05, 3.63) is 36.2 Å². The van der Waals surface area contributed by atoms with Crippen LogP contribution < -0.4 is 10.2 Å². The van der Waals surface area contributed by atoms with E-state index in [1.165, 1.54) is 4.57 Å². The zero-order valence-corrected chi connectivity index (χ0v) is 20.9. The standard InChI is InChI=1S/C26H33F2N7O2/c27-24(28)25-30-20-3-1-2-4-21(20)35(25)23-17-22(34-11-15-37-16-12-34)31-26(32-23)29-18-5-7-19(8-6-18)33-9-13-36-14-10-33/h1-4,17-19,24H,5-16H2,(H,29,31,32). The number of hydrogen-bond donors (Lipinski definition) is 1. The van der Waals surface area contributed by atoms with E-state index in [-0.39, 0.29) is 11.9 Å². The van der Waals surface area contributed by atoms with Crippen molar-refractivity contribution >= 4 is 22.8 Å². The van der Waals surface area contributed by atoms with Gasteiger partial charge >= 0.3 is 0 Å². The van der Waals surface area contributed by atoms with E-state index in [2.05, 4.69) is 20.1 Å². The highest BCUT2D eigenvalue weighted by Crippen LogP contribution is 2.30. The fraction of sp³-hybridized carbons (Fsp3) is 0.577. The second kappa shape index (κ2) is 10.8. The molecular weight excluding hydrogens is 480 g/mol. The third-order valence-corrected chi connectivity index (χ3v) is 7.64. The Morgan fingerprint density at radius 3 is 2.24 bits per heavy atom. The van der Waals surface area contributed by atoms with Crippen LogP contribution in [0.4, 0.5) is 20.5 Å². The van der Waals surface area contributed by atoms with E-state index in [1.54, 1.807) is 24.3 Å². The predicted molar refractivity (Wildman–Crippen MR) is 137 cm³/mol. The Labute approximate surface area is 214 Å². The molecule has 2 aliphatic heterocycles. The molecule has 1 aliphatic carbocycles. The Morgan fingerprint density at radius 1 is 0.838 bits per heavy atom. The van der Waals surface area contributed by atoms with Gasteiger partial charge in [0.2, 0.25) is 5.95 Å². The number of anilines is 2. The Kier molecular flexibility index (Phi) is 7.16. The fourth-order valence-corrected chi connectivity index (χ4v) is 5.70. The molecule has 2 aromatic heterocycles. The molecule has 0 unspecified atom stereocenters. The summed E-state index contributed by atoms with van der Waals surface area (Å²) in [5.74, 6) is 1.25. The number of ether oxygens (including phenoxy) is 2. The second-order valence-corrected chi connectivity index (χ2v) is 9.90. The van der Waals surface area contributed by atoms with Crippen LogP contribution in [0.2, 0.25) is 0 Å². The van der Waals surface area contributed by atoms with Gasteiger partial charge in [0.1, 0.15) is 11.6 Å². The number of halogens is 2. The van der Waals surface area contributed by atoms with Crippen LogP contribution >= 0.6 is 0 Å². The summed E-state index contributed by atoms with van der Waals surface area (Å²) in [5, 5.41) is 3.54. The lowest BCUT2D eigenvalue weighted by Gasteiger charge is -2.39. The smallest absolute Gasteiger partial charge is 0.296 e. The van der Waals surface area contributed by atoms with Crippen LogP contribution in [-0.2, 0) is 9.47 Å². The Balaban J connectivity index is 1.29. The van der Waals surface area contributed by atoms with Gasteiger partial charge in [-0.1, -0.05) is 12.1 Å². The van der Waals surface area contributed by atoms with Crippen molar-refractivity contribution < 1.29 is 18.3 Å². The maximum Gasteiger partial charge on any atom is 0.296 e. The molecule has 3 fully saturated rings. The number of rotatable bonds is 6. The van der Waals surface area contributed by atoms with Crippen LogP contribution in [0.3, 0.4) is 0 Å². The first-order valence-corrected chi connectivity index (χ1v) is 13.2. The van der Waals surface area contributed by atoms with Crippen molar-refractivity contribution in [3.63, 3.8) is 0 Å². The summed E-state index contributed by atoms with van der Waals surface area (Å²) in [5.41, 5.74) is 1.11. The number of fused-ring (bicyclic) bond motifs is 1. The average Bonchev–Trinajstić information content (AvgIpc) is 3.35. The fourth-order valence-electron chi connectivity index (χ4n) is 5.70. The third kappa shape index (κ3) is 5.25. The summed E-state index contributed by atoms with van der Waals surface area (Å²) in [6.07, 6.45) is 1.50. The van der Waals surface area contributed by atoms with Gasteiger partial charge in [-0.25, -0.2) is 13.8 Å². The van der Waals surface area contributed by atoms with Crippen LogP contribution in [0.5, 0.6) is 0 Å². The van der Waals surface area contributed by atoms with Crippen molar-refractivity contribution in [3.8, 4) is 5.82 Å². The van der Waals surface area contributed by atoms with Crippen molar-refractivity contribution in [2.45, 2.75) is 44.2 Å². The summed E-state index contributed by atoms with van der Waals surface area (Å²) < 4.78 is 40.7. The number of aromatic nitrogens is 4. The zero-order valence-electron chi connectivity index (χ0n) is 20.9. The number of hydrogen-bond acceptors (Lipinski definition) is 8. The molecule has 1 N–H and O–H groups in total. The van der Waals surface area contributed by atoms with Crippen molar-refractivity contribution in [2.24, 2.45) is 0 Å². The van der Waals surface area contributed by atoms with Gasteiger partial charge in [0, 0.05) is 44.3 Å². The molecule has 0 bridgehead atoms. The van der Waals surface area contributed by atoms with Gasteiger partial charge in [-0.2, -0.15) is 9.97 Å². The Morgan fingerprint density at radius 2 is 1.51 bits per heavy atom. The van der Waals surface area contributed by atoms with Crippen molar-refractivity contribution in [2.75, 3.05) is 62.8 Å². The summed E-state index contributed by atoms with van der Waals surface area (Å²) in [4.78, 5) is 18.5. The molecule has 11 heteroatoms. The number of imidazole rings is 1. The predicted octanol–water partition coefficient (Wildman–Crippen LogP) is 3.65. The molecule has 4 heterocycles. The number of nitrogens with one attached hydrogen (secondary N) is 1.